The van der Waals surface area contributed by atoms with Crippen molar-refractivity contribution in [3.8, 4) is 11.5 Å². The Kier molecular flexibility index (Phi) is 4.60. The highest BCUT2D eigenvalue weighted by molar-refractivity contribution is 5.45. The van der Waals surface area contributed by atoms with Crippen molar-refractivity contribution in [2.75, 3.05) is 26.4 Å². The molecule has 1 atom stereocenters. The van der Waals surface area contributed by atoms with Gasteiger partial charge in [0.1, 0.15) is 0 Å². The van der Waals surface area contributed by atoms with Gasteiger partial charge in [-0.05, 0) is 17.7 Å². The third kappa shape index (κ3) is 3.36. The highest BCUT2D eigenvalue weighted by Gasteiger charge is 2.17. The summed E-state index contributed by atoms with van der Waals surface area (Å²) in [6.45, 7) is 9.63. The van der Waals surface area contributed by atoms with Crippen LogP contribution < -0.4 is 9.47 Å². The van der Waals surface area contributed by atoms with E-state index in [4.69, 9.17) is 9.47 Å². The van der Waals surface area contributed by atoms with E-state index in [2.05, 4.69) is 18.1 Å². The highest BCUT2D eigenvalue weighted by Crippen LogP contribution is 2.34. The Morgan fingerprint density at radius 3 is 2.58 bits per heavy atom. The summed E-state index contributed by atoms with van der Waals surface area (Å²) in [5.74, 6) is 1.42. The van der Waals surface area contributed by atoms with Crippen molar-refractivity contribution in [3.63, 3.8) is 0 Å². The Bertz CT molecular complexity index is 449. The molecule has 0 saturated carbocycles. The molecule has 102 valence electrons. The number of hydrogen-bond acceptors (Lipinski definition) is 4. The van der Waals surface area contributed by atoms with Crippen molar-refractivity contribution in [3.05, 3.63) is 49.1 Å². The number of aliphatic hydroxyl groups excluding tert-OH is 1. The molecule has 0 bridgehead atoms. The molecule has 0 spiro atoms. The van der Waals surface area contributed by atoms with Gasteiger partial charge in [-0.25, -0.2) is 0 Å². The van der Waals surface area contributed by atoms with Crippen molar-refractivity contribution in [1.29, 1.82) is 0 Å². The Morgan fingerprint density at radius 2 is 1.89 bits per heavy atom. The van der Waals surface area contributed by atoms with Gasteiger partial charge in [0, 0.05) is 19.6 Å². The Morgan fingerprint density at radius 1 is 1.21 bits per heavy atom. The summed E-state index contributed by atoms with van der Waals surface area (Å²) in [5, 5.41) is 10.3. The molecule has 0 amide bonds. The maximum atomic E-state index is 10.3. The third-order valence-electron chi connectivity index (χ3n) is 2.99. The van der Waals surface area contributed by atoms with Gasteiger partial charge in [0.25, 0.3) is 0 Å². The lowest BCUT2D eigenvalue weighted by Crippen LogP contribution is -2.29. The summed E-state index contributed by atoms with van der Waals surface area (Å²) in [6.07, 6.45) is 3.06. The molecule has 0 aromatic heterocycles. The first-order valence-electron chi connectivity index (χ1n) is 6.26. The quantitative estimate of drug-likeness (QED) is 0.763. The summed E-state index contributed by atoms with van der Waals surface area (Å²) in [5.41, 5.74) is 0.822. The van der Waals surface area contributed by atoms with E-state index in [9.17, 15) is 5.11 Å². The lowest BCUT2D eigenvalue weighted by atomic mass is 10.1. The topological polar surface area (TPSA) is 41.9 Å². The van der Waals surface area contributed by atoms with E-state index in [1.807, 2.05) is 30.4 Å². The van der Waals surface area contributed by atoms with Gasteiger partial charge in [0.15, 0.2) is 11.5 Å². The van der Waals surface area contributed by atoms with Crippen LogP contribution in [-0.4, -0.2) is 36.4 Å². The van der Waals surface area contributed by atoms with Gasteiger partial charge in [-0.2, -0.15) is 0 Å². The van der Waals surface area contributed by atoms with Gasteiger partial charge < -0.3 is 14.6 Å². The number of fused-ring (bicyclic) bond motifs is 1. The van der Waals surface area contributed by atoms with Crippen LogP contribution in [0.15, 0.2) is 43.5 Å². The van der Waals surface area contributed by atoms with Crippen LogP contribution in [0.1, 0.15) is 11.7 Å². The minimum atomic E-state index is -0.575. The molecular weight excluding hydrogens is 242 g/mol. The molecule has 0 saturated heterocycles. The molecular formula is C15H19NO3. The fourth-order valence-electron chi connectivity index (χ4n) is 2.06. The van der Waals surface area contributed by atoms with Gasteiger partial charge >= 0.3 is 0 Å². The molecule has 19 heavy (non-hydrogen) atoms. The normalized spacial score (nSPS) is 14.4. The van der Waals surface area contributed by atoms with E-state index >= 15 is 0 Å². The number of benzene rings is 1. The van der Waals surface area contributed by atoms with E-state index in [0.717, 1.165) is 11.3 Å². The molecule has 0 fully saturated rings. The largest absolute Gasteiger partial charge is 0.454 e. The van der Waals surface area contributed by atoms with E-state index in [-0.39, 0.29) is 6.79 Å². The number of ether oxygens (including phenoxy) is 2. The van der Waals surface area contributed by atoms with Crippen molar-refractivity contribution >= 4 is 0 Å². The fourth-order valence-corrected chi connectivity index (χ4v) is 2.06. The second-order valence-electron chi connectivity index (χ2n) is 4.42. The highest BCUT2D eigenvalue weighted by atomic mass is 16.7. The van der Waals surface area contributed by atoms with E-state index in [1.54, 1.807) is 0 Å². The first kappa shape index (κ1) is 13.6. The minimum Gasteiger partial charge on any atom is -0.454 e. The molecule has 4 heteroatoms. The van der Waals surface area contributed by atoms with Crippen LogP contribution >= 0.6 is 0 Å². The minimum absolute atomic E-state index is 0.244. The van der Waals surface area contributed by atoms with E-state index in [0.29, 0.717) is 25.4 Å². The Labute approximate surface area is 113 Å². The fraction of sp³-hybridized carbons (Fsp3) is 0.333. The lowest BCUT2D eigenvalue weighted by molar-refractivity contribution is 0.125. The molecule has 1 heterocycles. The van der Waals surface area contributed by atoms with Gasteiger partial charge in [-0.15, -0.1) is 13.2 Å². The summed E-state index contributed by atoms with van der Waals surface area (Å²) < 4.78 is 10.6. The number of nitrogens with zero attached hydrogens (tertiary/aromatic N) is 1. The average molecular weight is 261 g/mol. The summed E-state index contributed by atoms with van der Waals surface area (Å²) in [7, 11) is 0. The van der Waals surface area contributed by atoms with Crippen molar-refractivity contribution in [1.82, 2.24) is 4.90 Å². The lowest BCUT2D eigenvalue weighted by Gasteiger charge is -2.22. The van der Waals surface area contributed by atoms with Crippen LogP contribution in [0.2, 0.25) is 0 Å². The van der Waals surface area contributed by atoms with Crippen LogP contribution in [0.4, 0.5) is 0 Å². The predicted molar refractivity (Wildman–Crippen MR) is 74.4 cm³/mol. The van der Waals surface area contributed by atoms with Crippen molar-refractivity contribution < 1.29 is 14.6 Å². The molecule has 4 nitrogen and oxygen atoms in total. The Hall–Kier alpha value is -1.78. The van der Waals surface area contributed by atoms with Gasteiger partial charge in [0.05, 0.1) is 6.10 Å². The predicted octanol–water partition coefficient (Wildman–Crippen LogP) is 2.12. The monoisotopic (exact) mass is 261 g/mol. The zero-order valence-corrected chi connectivity index (χ0v) is 10.9. The SMILES string of the molecule is C=CCN(CC=C)CC(O)c1ccc2c(c1)OCO2. The third-order valence-corrected chi connectivity index (χ3v) is 2.99. The molecule has 2 rings (SSSR count). The standard InChI is InChI=1S/C15H19NO3/c1-3-7-16(8-4-2)10-13(17)12-5-6-14-15(9-12)19-11-18-14/h3-6,9,13,17H,1-2,7-8,10-11H2. The molecule has 1 aromatic rings. The number of rotatable bonds is 7. The molecule has 1 aliphatic heterocycles. The van der Waals surface area contributed by atoms with E-state index in [1.165, 1.54) is 0 Å². The summed E-state index contributed by atoms with van der Waals surface area (Å²) in [6, 6.07) is 5.51. The van der Waals surface area contributed by atoms with Crippen LogP contribution in [-0.2, 0) is 0 Å². The molecule has 0 radical (unpaired) electrons. The zero-order chi connectivity index (χ0) is 13.7. The van der Waals surface area contributed by atoms with Gasteiger partial charge in [-0.3, -0.25) is 4.90 Å². The second kappa shape index (κ2) is 6.41. The van der Waals surface area contributed by atoms with Gasteiger partial charge in [-0.1, -0.05) is 18.2 Å². The summed E-state index contributed by atoms with van der Waals surface area (Å²) >= 11 is 0. The molecule has 1 aliphatic rings. The first-order valence-corrected chi connectivity index (χ1v) is 6.26. The van der Waals surface area contributed by atoms with Crippen molar-refractivity contribution in [2.24, 2.45) is 0 Å². The van der Waals surface area contributed by atoms with Crippen molar-refractivity contribution in [2.45, 2.75) is 6.10 Å². The summed E-state index contributed by atoms with van der Waals surface area (Å²) in [4.78, 5) is 2.06. The maximum absolute atomic E-state index is 10.3. The van der Waals surface area contributed by atoms with E-state index < -0.39 is 6.10 Å². The molecule has 0 aliphatic carbocycles. The maximum Gasteiger partial charge on any atom is 0.231 e. The van der Waals surface area contributed by atoms with Crippen LogP contribution in [0.3, 0.4) is 0 Å². The zero-order valence-electron chi connectivity index (χ0n) is 10.9. The van der Waals surface area contributed by atoms with Crippen LogP contribution in [0.25, 0.3) is 0 Å². The smallest absolute Gasteiger partial charge is 0.231 e. The second-order valence-corrected chi connectivity index (χ2v) is 4.42. The van der Waals surface area contributed by atoms with Crippen LogP contribution in [0, 0.1) is 0 Å². The molecule has 1 aromatic carbocycles. The molecule has 1 unspecified atom stereocenters. The van der Waals surface area contributed by atoms with Gasteiger partial charge in [0.2, 0.25) is 6.79 Å². The molecule has 1 N–H and O–H groups in total. The Balaban J connectivity index is 2.03. The first-order chi connectivity index (χ1) is 9.24. The average Bonchev–Trinajstić information content (AvgIpc) is 2.86. The number of hydrogen-bond donors (Lipinski definition) is 1. The number of aliphatic hydroxyl groups is 1. The van der Waals surface area contributed by atoms with Crippen LogP contribution in [0.5, 0.6) is 11.5 Å².